The molecule has 0 aliphatic carbocycles. The smallest absolute Gasteiger partial charge is 0.416 e. The molecule has 0 aliphatic rings. The lowest BCUT2D eigenvalue weighted by atomic mass is 9.96. The van der Waals surface area contributed by atoms with E-state index >= 15 is 0 Å². The third-order valence-electron chi connectivity index (χ3n) is 6.31. The van der Waals surface area contributed by atoms with Crippen LogP contribution in [0.5, 0.6) is 0 Å². The molecule has 1 aromatic heterocycles. The van der Waals surface area contributed by atoms with Crippen LogP contribution in [0.3, 0.4) is 0 Å². The number of halogens is 3. The molecule has 0 atom stereocenters. The van der Waals surface area contributed by atoms with Crippen molar-refractivity contribution < 1.29 is 17.6 Å². The van der Waals surface area contributed by atoms with Gasteiger partial charge < -0.3 is 4.42 Å². The zero-order chi connectivity index (χ0) is 24.0. The van der Waals surface area contributed by atoms with Gasteiger partial charge in [-0.3, -0.25) is 0 Å². The van der Waals surface area contributed by atoms with Crippen molar-refractivity contribution in [2.75, 3.05) is 0 Å². The fraction of sp³-hybridized carbons (Fsp3) is 0.0323. The van der Waals surface area contributed by atoms with Gasteiger partial charge in [0, 0.05) is 10.8 Å². The number of furan rings is 1. The fourth-order valence-corrected chi connectivity index (χ4v) is 4.51. The van der Waals surface area contributed by atoms with Crippen LogP contribution >= 0.6 is 0 Å². The van der Waals surface area contributed by atoms with E-state index in [2.05, 4.69) is 30.3 Å². The lowest BCUT2D eigenvalue weighted by Gasteiger charge is -2.10. The van der Waals surface area contributed by atoms with E-state index < -0.39 is 11.7 Å². The highest BCUT2D eigenvalue weighted by molar-refractivity contribution is 6.06. The van der Waals surface area contributed by atoms with Gasteiger partial charge in [0.1, 0.15) is 11.2 Å². The van der Waals surface area contributed by atoms with Gasteiger partial charge in [-0.05, 0) is 69.8 Å². The second-order valence-electron chi connectivity index (χ2n) is 8.55. The van der Waals surface area contributed by atoms with E-state index in [1.54, 1.807) is 6.07 Å². The topological polar surface area (TPSA) is 13.1 Å². The van der Waals surface area contributed by atoms with Gasteiger partial charge in [-0.1, -0.05) is 78.9 Å². The number of fused-ring (bicyclic) bond motifs is 3. The summed E-state index contributed by atoms with van der Waals surface area (Å²) >= 11 is 0. The molecule has 6 aromatic rings. The highest BCUT2D eigenvalue weighted by atomic mass is 19.4. The average molecular weight is 464 g/mol. The predicted octanol–water partition coefficient (Wildman–Crippen LogP) is 9.61. The van der Waals surface area contributed by atoms with E-state index in [-0.39, 0.29) is 0 Å². The van der Waals surface area contributed by atoms with E-state index in [4.69, 9.17) is 4.42 Å². The van der Waals surface area contributed by atoms with Crippen molar-refractivity contribution in [3.63, 3.8) is 0 Å². The Kier molecular flexibility index (Phi) is 4.96. The zero-order valence-corrected chi connectivity index (χ0v) is 18.5. The normalized spacial score (nSPS) is 11.9. The maximum Gasteiger partial charge on any atom is 0.416 e. The molecule has 0 aliphatic heterocycles. The van der Waals surface area contributed by atoms with E-state index in [9.17, 15) is 13.2 Å². The summed E-state index contributed by atoms with van der Waals surface area (Å²) in [4.78, 5) is 0. The molecule has 0 unspecified atom stereocenters. The van der Waals surface area contributed by atoms with Crippen LogP contribution in [0, 0.1) is 0 Å². The van der Waals surface area contributed by atoms with Crippen molar-refractivity contribution in [2.24, 2.45) is 0 Å². The molecule has 6 rings (SSSR count). The van der Waals surface area contributed by atoms with E-state index in [1.165, 1.54) is 12.1 Å². The van der Waals surface area contributed by atoms with Crippen LogP contribution in [0.2, 0.25) is 0 Å². The first-order valence-electron chi connectivity index (χ1n) is 11.3. The van der Waals surface area contributed by atoms with E-state index in [0.717, 1.165) is 55.8 Å². The van der Waals surface area contributed by atoms with Crippen LogP contribution in [0.25, 0.3) is 55.3 Å². The standard InChI is InChI=1S/C31H19F3O/c32-31(33,34)26-8-4-7-24(18-26)21-13-11-20(12-14-21)22-5-3-6-23(17-22)25-15-16-30-28(19-25)27-9-1-2-10-29(27)35-30/h1-19H. The third-order valence-corrected chi connectivity index (χ3v) is 6.31. The Labute approximate surface area is 200 Å². The summed E-state index contributed by atoms with van der Waals surface area (Å²) in [5, 5.41) is 2.17. The monoisotopic (exact) mass is 464 g/mol. The quantitative estimate of drug-likeness (QED) is 0.254. The highest BCUT2D eigenvalue weighted by Gasteiger charge is 2.30. The number of hydrogen-bond donors (Lipinski definition) is 0. The maximum absolute atomic E-state index is 13.1. The number of hydrogen-bond acceptors (Lipinski definition) is 1. The van der Waals surface area contributed by atoms with Crippen molar-refractivity contribution in [2.45, 2.75) is 6.18 Å². The van der Waals surface area contributed by atoms with Gasteiger partial charge in [-0.2, -0.15) is 13.2 Å². The van der Waals surface area contributed by atoms with Crippen molar-refractivity contribution in [1.29, 1.82) is 0 Å². The third kappa shape index (κ3) is 3.97. The van der Waals surface area contributed by atoms with Crippen LogP contribution in [0.4, 0.5) is 13.2 Å². The molecule has 0 radical (unpaired) electrons. The first kappa shape index (κ1) is 21.2. The molecule has 0 N–H and O–H groups in total. The second-order valence-corrected chi connectivity index (χ2v) is 8.55. The number of alkyl halides is 3. The molecular weight excluding hydrogens is 445 g/mol. The summed E-state index contributed by atoms with van der Waals surface area (Å²) < 4.78 is 45.2. The average Bonchev–Trinajstić information content (AvgIpc) is 3.26. The number of para-hydroxylation sites is 1. The molecule has 4 heteroatoms. The van der Waals surface area contributed by atoms with Gasteiger partial charge >= 0.3 is 6.18 Å². The molecule has 0 saturated carbocycles. The molecule has 35 heavy (non-hydrogen) atoms. The van der Waals surface area contributed by atoms with Gasteiger partial charge in [-0.25, -0.2) is 0 Å². The molecule has 0 bridgehead atoms. The summed E-state index contributed by atoms with van der Waals surface area (Å²) in [6.45, 7) is 0. The first-order chi connectivity index (χ1) is 17.0. The maximum atomic E-state index is 13.1. The molecular formula is C31H19F3O. The Hall–Kier alpha value is -4.31. The summed E-state index contributed by atoms with van der Waals surface area (Å²) in [6.07, 6.45) is -4.36. The summed E-state index contributed by atoms with van der Waals surface area (Å²) in [5.41, 5.74) is 6.57. The molecule has 170 valence electrons. The minimum Gasteiger partial charge on any atom is -0.456 e. The van der Waals surface area contributed by atoms with Crippen LogP contribution < -0.4 is 0 Å². The Morgan fingerprint density at radius 1 is 0.429 bits per heavy atom. The zero-order valence-electron chi connectivity index (χ0n) is 18.5. The van der Waals surface area contributed by atoms with Crippen molar-refractivity contribution in [1.82, 2.24) is 0 Å². The van der Waals surface area contributed by atoms with Gasteiger partial charge in [0.15, 0.2) is 0 Å². The molecule has 1 heterocycles. The molecule has 0 fully saturated rings. The molecule has 1 nitrogen and oxygen atoms in total. The highest BCUT2D eigenvalue weighted by Crippen LogP contribution is 2.35. The van der Waals surface area contributed by atoms with Crippen molar-refractivity contribution in [3.8, 4) is 33.4 Å². The van der Waals surface area contributed by atoms with Gasteiger partial charge in [0.25, 0.3) is 0 Å². The largest absolute Gasteiger partial charge is 0.456 e. The van der Waals surface area contributed by atoms with Gasteiger partial charge in [-0.15, -0.1) is 0 Å². The molecule has 5 aromatic carbocycles. The Balaban J connectivity index is 1.34. The van der Waals surface area contributed by atoms with Gasteiger partial charge in [0.05, 0.1) is 5.56 Å². The Bertz CT molecular complexity index is 1670. The van der Waals surface area contributed by atoms with Gasteiger partial charge in [0.2, 0.25) is 0 Å². The number of benzene rings is 5. The fourth-order valence-electron chi connectivity index (χ4n) is 4.51. The van der Waals surface area contributed by atoms with Crippen LogP contribution in [0.1, 0.15) is 5.56 Å². The van der Waals surface area contributed by atoms with Crippen molar-refractivity contribution >= 4 is 21.9 Å². The predicted molar refractivity (Wildman–Crippen MR) is 135 cm³/mol. The summed E-state index contributed by atoms with van der Waals surface area (Å²) in [6, 6.07) is 35.5. The summed E-state index contributed by atoms with van der Waals surface area (Å²) in [7, 11) is 0. The van der Waals surface area contributed by atoms with E-state index in [1.807, 2.05) is 60.7 Å². The molecule has 0 amide bonds. The van der Waals surface area contributed by atoms with Crippen LogP contribution in [-0.2, 0) is 6.18 Å². The number of rotatable bonds is 3. The van der Waals surface area contributed by atoms with E-state index in [0.29, 0.717) is 5.56 Å². The Morgan fingerprint density at radius 2 is 0.971 bits per heavy atom. The van der Waals surface area contributed by atoms with Crippen LogP contribution in [0.15, 0.2) is 120 Å². The summed E-state index contributed by atoms with van der Waals surface area (Å²) in [5.74, 6) is 0. The second kappa shape index (κ2) is 8.17. The minimum absolute atomic E-state index is 0.542. The Morgan fingerprint density at radius 3 is 1.69 bits per heavy atom. The first-order valence-corrected chi connectivity index (χ1v) is 11.3. The lowest BCUT2D eigenvalue weighted by molar-refractivity contribution is -0.137. The molecule has 0 saturated heterocycles. The van der Waals surface area contributed by atoms with Crippen LogP contribution in [-0.4, -0.2) is 0 Å². The van der Waals surface area contributed by atoms with Crippen molar-refractivity contribution in [3.05, 3.63) is 121 Å². The lowest BCUT2D eigenvalue weighted by Crippen LogP contribution is -2.04. The molecule has 0 spiro atoms. The SMILES string of the molecule is FC(F)(F)c1cccc(-c2ccc(-c3cccc(-c4ccc5oc6ccccc6c5c4)c3)cc2)c1. The minimum atomic E-state index is -4.36.